The molecule has 0 bridgehead atoms. The van der Waals surface area contributed by atoms with Crippen LogP contribution in [-0.4, -0.2) is 39.3 Å². The first-order chi connectivity index (χ1) is 12.6. The second-order valence-electron chi connectivity index (χ2n) is 5.68. The number of carbonyl (C=O) groups excluding carboxylic acids is 1. The van der Waals surface area contributed by atoms with Crippen LogP contribution in [0.2, 0.25) is 0 Å². The van der Waals surface area contributed by atoms with Crippen LogP contribution in [-0.2, 0) is 43.8 Å². The Hall–Kier alpha value is -2.58. The maximum absolute atomic E-state index is 12.7. The summed E-state index contributed by atoms with van der Waals surface area (Å²) >= 11 is 0. The molecular weight excluding hydrogens is 354 g/mol. The van der Waals surface area contributed by atoms with E-state index in [1.807, 2.05) is 24.3 Å². The molecule has 0 fully saturated rings. The van der Waals surface area contributed by atoms with E-state index in [-0.39, 0.29) is 18.1 Å². The van der Waals surface area contributed by atoms with Crippen molar-refractivity contribution in [1.82, 2.24) is 15.0 Å². The molecule has 2 heterocycles. The van der Waals surface area contributed by atoms with Gasteiger partial charge in [0.05, 0.1) is 53.4 Å². The number of imidazole rings is 1. The van der Waals surface area contributed by atoms with E-state index in [0.717, 1.165) is 22.3 Å². The molecule has 3 rings (SSSR count). The van der Waals surface area contributed by atoms with E-state index in [9.17, 15) is 9.00 Å². The van der Waals surface area contributed by atoms with E-state index < -0.39 is 10.8 Å². The zero-order chi connectivity index (χ0) is 18.5. The highest BCUT2D eigenvalue weighted by molar-refractivity contribution is 7.84. The summed E-state index contributed by atoms with van der Waals surface area (Å²) in [5.41, 5.74) is 3.85. The summed E-state index contributed by atoms with van der Waals surface area (Å²) in [6, 6.07) is 9.15. The molecule has 8 heteroatoms. The Balaban J connectivity index is 1.81. The standard InChI is InChI=1S/C18H19N3O4S/c1-24-10-13-4-3-7-19-16(13)11-26(23)18-20-14-6-5-12(8-15(14)21-18)9-17(22)25-2/h3-8H,9-11H2,1-2H3,(H,20,21). The summed E-state index contributed by atoms with van der Waals surface area (Å²) in [4.78, 5) is 23.2. The number of ether oxygens (including phenoxy) is 2. The molecule has 136 valence electrons. The van der Waals surface area contributed by atoms with Gasteiger partial charge in [0.15, 0.2) is 5.16 Å². The van der Waals surface area contributed by atoms with Gasteiger partial charge in [-0.05, 0) is 23.8 Å². The highest BCUT2D eigenvalue weighted by Crippen LogP contribution is 2.18. The van der Waals surface area contributed by atoms with Crippen molar-refractivity contribution in [1.29, 1.82) is 0 Å². The van der Waals surface area contributed by atoms with Crippen LogP contribution in [0.4, 0.5) is 0 Å². The Morgan fingerprint density at radius 3 is 2.88 bits per heavy atom. The number of pyridine rings is 1. The summed E-state index contributed by atoms with van der Waals surface area (Å²) in [6.45, 7) is 0.414. The molecule has 1 atom stereocenters. The lowest BCUT2D eigenvalue weighted by Gasteiger charge is -2.06. The first-order valence-electron chi connectivity index (χ1n) is 7.96. The second kappa shape index (κ2) is 8.20. The number of nitrogens with one attached hydrogen (secondary N) is 1. The van der Waals surface area contributed by atoms with Crippen molar-refractivity contribution in [2.24, 2.45) is 0 Å². The van der Waals surface area contributed by atoms with Crippen molar-refractivity contribution in [2.45, 2.75) is 23.9 Å². The molecule has 0 aliphatic rings. The lowest BCUT2D eigenvalue weighted by Crippen LogP contribution is -2.05. The molecule has 0 aliphatic carbocycles. The molecule has 0 saturated carbocycles. The van der Waals surface area contributed by atoms with E-state index in [1.165, 1.54) is 7.11 Å². The van der Waals surface area contributed by atoms with Gasteiger partial charge in [-0.2, -0.15) is 0 Å². The Morgan fingerprint density at radius 1 is 1.27 bits per heavy atom. The summed E-state index contributed by atoms with van der Waals surface area (Å²) in [5, 5.41) is 0.379. The number of benzene rings is 1. The third-order valence-electron chi connectivity index (χ3n) is 3.87. The van der Waals surface area contributed by atoms with Crippen LogP contribution in [0.25, 0.3) is 11.0 Å². The Labute approximate surface area is 153 Å². The van der Waals surface area contributed by atoms with Gasteiger partial charge in [-0.1, -0.05) is 12.1 Å². The third-order valence-corrected chi connectivity index (χ3v) is 5.03. The van der Waals surface area contributed by atoms with Gasteiger partial charge in [0.25, 0.3) is 0 Å². The first kappa shape index (κ1) is 18.2. The highest BCUT2D eigenvalue weighted by Gasteiger charge is 2.14. The quantitative estimate of drug-likeness (QED) is 0.638. The fourth-order valence-corrected chi connectivity index (χ4v) is 3.64. The number of rotatable bonds is 7. The average molecular weight is 373 g/mol. The van der Waals surface area contributed by atoms with Gasteiger partial charge in [0.2, 0.25) is 0 Å². The average Bonchev–Trinajstić information content (AvgIpc) is 3.07. The third kappa shape index (κ3) is 4.14. The highest BCUT2D eigenvalue weighted by atomic mass is 32.2. The minimum absolute atomic E-state index is 0.179. The second-order valence-corrected chi connectivity index (χ2v) is 7.04. The van der Waals surface area contributed by atoms with E-state index in [1.54, 1.807) is 19.4 Å². The predicted octanol–water partition coefficient (Wildman–Crippen LogP) is 2.13. The molecule has 7 nitrogen and oxygen atoms in total. The van der Waals surface area contributed by atoms with Gasteiger partial charge in [0.1, 0.15) is 0 Å². The molecule has 1 unspecified atom stereocenters. The minimum Gasteiger partial charge on any atom is -0.469 e. The minimum atomic E-state index is -1.38. The van der Waals surface area contributed by atoms with E-state index in [2.05, 4.69) is 19.7 Å². The van der Waals surface area contributed by atoms with E-state index >= 15 is 0 Å². The van der Waals surface area contributed by atoms with Crippen LogP contribution in [0.1, 0.15) is 16.8 Å². The number of nitrogens with zero attached hydrogens (tertiary/aromatic N) is 2. The van der Waals surface area contributed by atoms with E-state index in [4.69, 9.17) is 4.74 Å². The number of H-pyrrole nitrogens is 1. The Bertz CT molecular complexity index is 955. The van der Waals surface area contributed by atoms with Crippen LogP contribution in [0.5, 0.6) is 0 Å². The largest absolute Gasteiger partial charge is 0.469 e. The molecule has 0 radical (unpaired) electrons. The number of carbonyl (C=O) groups is 1. The number of methoxy groups -OCH3 is 2. The van der Waals surface area contributed by atoms with Crippen molar-refractivity contribution in [3.05, 3.63) is 53.3 Å². The van der Waals surface area contributed by atoms with Crippen molar-refractivity contribution in [3.63, 3.8) is 0 Å². The number of hydrogen-bond acceptors (Lipinski definition) is 6. The zero-order valence-electron chi connectivity index (χ0n) is 14.5. The molecule has 2 aromatic heterocycles. The molecule has 0 spiro atoms. The van der Waals surface area contributed by atoms with Crippen molar-refractivity contribution < 1.29 is 18.5 Å². The number of hydrogen-bond donors (Lipinski definition) is 1. The van der Waals surface area contributed by atoms with E-state index in [0.29, 0.717) is 17.3 Å². The van der Waals surface area contributed by atoms with Crippen molar-refractivity contribution in [2.75, 3.05) is 14.2 Å². The fourth-order valence-electron chi connectivity index (χ4n) is 2.57. The van der Waals surface area contributed by atoms with Gasteiger partial charge in [-0.15, -0.1) is 0 Å². The first-order valence-corrected chi connectivity index (χ1v) is 9.28. The molecular formula is C18H19N3O4S. The molecule has 0 aliphatic heterocycles. The van der Waals surface area contributed by atoms with Crippen LogP contribution in [0, 0.1) is 0 Å². The fraction of sp³-hybridized carbons (Fsp3) is 0.278. The van der Waals surface area contributed by atoms with Gasteiger partial charge in [-0.3, -0.25) is 14.0 Å². The van der Waals surface area contributed by atoms with Gasteiger partial charge < -0.3 is 14.5 Å². The Kier molecular flexibility index (Phi) is 5.75. The van der Waals surface area contributed by atoms with Gasteiger partial charge in [0, 0.05) is 18.9 Å². The summed E-state index contributed by atoms with van der Waals surface area (Å²) < 4.78 is 22.5. The number of esters is 1. The topological polar surface area (TPSA) is 94.2 Å². The Morgan fingerprint density at radius 2 is 2.12 bits per heavy atom. The molecule has 3 aromatic rings. The SMILES string of the molecule is COCc1cccnc1CS(=O)c1nc2ccc(CC(=O)OC)cc2[nH]1. The molecule has 1 aromatic carbocycles. The van der Waals surface area contributed by atoms with Crippen molar-refractivity contribution >= 4 is 27.8 Å². The number of fused-ring (bicyclic) bond motifs is 1. The number of aromatic amines is 1. The summed E-state index contributed by atoms with van der Waals surface area (Å²) in [5.74, 6) is -0.0672. The monoisotopic (exact) mass is 373 g/mol. The van der Waals surface area contributed by atoms with Crippen LogP contribution in [0.3, 0.4) is 0 Å². The zero-order valence-corrected chi connectivity index (χ0v) is 15.3. The lowest BCUT2D eigenvalue weighted by atomic mass is 10.1. The van der Waals surface area contributed by atoms with Crippen LogP contribution >= 0.6 is 0 Å². The number of aromatic nitrogens is 3. The van der Waals surface area contributed by atoms with Gasteiger partial charge >= 0.3 is 5.97 Å². The van der Waals surface area contributed by atoms with Crippen LogP contribution < -0.4 is 0 Å². The maximum atomic E-state index is 12.7. The smallest absolute Gasteiger partial charge is 0.309 e. The predicted molar refractivity (Wildman–Crippen MR) is 96.9 cm³/mol. The molecule has 0 amide bonds. The maximum Gasteiger partial charge on any atom is 0.309 e. The van der Waals surface area contributed by atoms with Crippen molar-refractivity contribution in [3.8, 4) is 0 Å². The molecule has 26 heavy (non-hydrogen) atoms. The molecule has 0 saturated heterocycles. The molecule has 1 N–H and O–H groups in total. The normalized spacial score (nSPS) is 12.2. The van der Waals surface area contributed by atoms with Crippen LogP contribution in [0.15, 0.2) is 41.7 Å². The van der Waals surface area contributed by atoms with Gasteiger partial charge in [-0.25, -0.2) is 4.98 Å². The summed E-state index contributed by atoms with van der Waals surface area (Å²) in [6.07, 6.45) is 1.85. The lowest BCUT2D eigenvalue weighted by molar-refractivity contribution is -0.139. The summed E-state index contributed by atoms with van der Waals surface area (Å²) in [7, 11) is 1.59.